The zero-order valence-electron chi connectivity index (χ0n) is 10.3. The van der Waals surface area contributed by atoms with Crippen molar-refractivity contribution >= 4 is 5.97 Å². The maximum absolute atomic E-state index is 10.6. The molecule has 0 aliphatic rings. The summed E-state index contributed by atoms with van der Waals surface area (Å²) in [5.74, 6) is -0.202. The Hall–Kier alpha value is -1.81. The first-order valence-electron chi connectivity index (χ1n) is 5.94. The number of allylic oxidation sites excluding steroid dienone is 1. The van der Waals surface area contributed by atoms with Crippen molar-refractivity contribution in [3.8, 4) is 5.75 Å². The lowest BCUT2D eigenvalue weighted by Crippen LogP contribution is -2.32. The van der Waals surface area contributed by atoms with Crippen LogP contribution in [0.4, 0.5) is 0 Å². The van der Waals surface area contributed by atoms with Gasteiger partial charge >= 0.3 is 5.97 Å². The molecule has 0 aromatic heterocycles. The Labute approximate surface area is 107 Å². The zero-order valence-corrected chi connectivity index (χ0v) is 10.3. The molecule has 4 nitrogen and oxygen atoms in total. The summed E-state index contributed by atoms with van der Waals surface area (Å²) in [5, 5.41) is 8.71. The summed E-state index contributed by atoms with van der Waals surface area (Å²) in [6.45, 7) is 4.30. The van der Waals surface area contributed by atoms with Gasteiger partial charge in [0.1, 0.15) is 11.8 Å². The van der Waals surface area contributed by atoms with Crippen molar-refractivity contribution in [1.29, 1.82) is 0 Å². The molecule has 18 heavy (non-hydrogen) atoms. The molecule has 0 radical (unpaired) electrons. The molecule has 0 saturated heterocycles. The van der Waals surface area contributed by atoms with Gasteiger partial charge in [-0.15, -0.1) is 6.58 Å². The van der Waals surface area contributed by atoms with E-state index in [-0.39, 0.29) is 0 Å². The average molecular weight is 249 g/mol. The van der Waals surface area contributed by atoms with Gasteiger partial charge in [-0.1, -0.05) is 18.2 Å². The third kappa shape index (κ3) is 5.01. The first-order chi connectivity index (χ1) is 8.63. The third-order valence-electron chi connectivity index (χ3n) is 2.52. The Morgan fingerprint density at radius 2 is 2.11 bits per heavy atom. The maximum Gasteiger partial charge on any atom is 0.320 e. The molecule has 0 saturated carbocycles. The molecule has 4 heteroatoms. The molecule has 1 aromatic rings. The molecule has 0 aliphatic heterocycles. The summed E-state index contributed by atoms with van der Waals surface area (Å²) >= 11 is 0. The fraction of sp³-hybridized carbons (Fsp3) is 0.357. The summed E-state index contributed by atoms with van der Waals surface area (Å²) in [7, 11) is 0. The van der Waals surface area contributed by atoms with Crippen LogP contribution in [0.3, 0.4) is 0 Å². The molecule has 1 aromatic carbocycles. The number of hydrogen-bond donors (Lipinski definition) is 2. The Balaban J connectivity index is 2.42. The highest BCUT2D eigenvalue weighted by Crippen LogP contribution is 2.13. The molecule has 0 heterocycles. The van der Waals surface area contributed by atoms with E-state index in [1.807, 2.05) is 30.3 Å². The van der Waals surface area contributed by atoms with Crippen LogP contribution in [-0.2, 0) is 11.2 Å². The highest BCUT2D eigenvalue weighted by molar-refractivity contribution is 5.73. The molecule has 3 N–H and O–H groups in total. The van der Waals surface area contributed by atoms with E-state index >= 15 is 0 Å². The summed E-state index contributed by atoms with van der Waals surface area (Å²) in [6, 6.07) is 6.48. The highest BCUT2D eigenvalue weighted by atomic mass is 16.5. The van der Waals surface area contributed by atoms with Crippen molar-refractivity contribution in [2.45, 2.75) is 25.3 Å². The number of hydrogen-bond acceptors (Lipinski definition) is 3. The van der Waals surface area contributed by atoms with E-state index in [0.717, 1.165) is 24.2 Å². The smallest absolute Gasteiger partial charge is 0.320 e. The van der Waals surface area contributed by atoms with E-state index < -0.39 is 12.0 Å². The van der Waals surface area contributed by atoms with Gasteiger partial charge in [0.15, 0.2) is 0 Å². The number of nitrogens with two attached hydrogens (primary N) is 1. The van der Waals surface area contributed by atoms with Gasteiger partial charge < -0.3 is 15.6 Å². The molecule has 1 atom stereocenters. The van der Waals surface area contributed by atoms with Crippen LogP contribution < -0.4 is 10.5 Å². The fourth-order valence-corrected chi connectivity index (χ4v) is 1.48. The highest BCUT2D eigenvalue weighted by Gasteiger charge is 2.11. The minimum Gasteiger partial charge on any atom is -0.494 e. The number of ether oxygens (including phenoxy) is 1. The van der Waals surface area contributed by atoms with Crippen molar-refractivity contribution in [3.05, 3.63) is 42.5 Å². The van der Waals surface area contributed by atoms with E-state index in [4.69, 9.17) is 15.6 Å². The van der Waals surface area contributed by atoms with Crippen LogP contribution in [0.5, 0.6) is 5.75 Å². The van der Waals surface area contributed by atoms with Crippen LogP contribution in [0.2, 0.25) is 0 Å². The normalized spacial score (nSPS) is 11.8. The lowest BCUT2D eigenvalue weighted by atomic mass is 10.1. The Kier molecular flexibility index (Phi) is 5.94. The van der Waals surface area contributed by atoms with E-state index in [0.29, 0.717) is 13.0 Å². The van der Waals surface area contributed by atoms with Gasteiger partial charge in [0.2, 0.25) is 0 Å². The molecule has 0 fully saturated rings. The molecule has 0 bridgehead atoms. The van der Waals surface area contributed by atoms with Gasteiger partial charge in [-0.05, 0) is 37.0 Å². The van der Waals surface area contributed by atoms with Crippen molar-refractivity contribution in [1.82, 2.24) is 0 Å². The van der Waals surface area contributed by atoms with E-state index in [1.54, 1.807) is 0 Å². The van der Waals surface area contributed by atoms with Crippen LogP contribution in [0, 0.1) is 0 Å². The first-order valence-corrected chi connectivity index (χ1v) is 5.94. The summed E-state index contributed by atoms with van der Waals surface area (Å²) < 4.78 is 5.52. The van der Waals surface area contributed by atoms with E-state index in [2.05, 4.69) is 6.58 Å². The quantitative estimate of drug-likeness (QED) is 0.546. The fourth-order valence-electron chi connectivity index (χ4n) is 1.48. The largest absolute Gasteiger partial charge is 0.494 e. The summed E-state index contributed by atoms with van der Waals surface area (Å²) in [4.78, 5) is 10.6. The van der Waals surface area contributed by atoms with Gasteiger partial charge in [-0.3, -0.25) is 4.79 Å². The van der Waals surface area contributed by atoms with Gasteiger partial charge in [-0.25, -0.2) is 0 Å². The molecule has 0 aliphatic carbocycles. The molecular weight excluding hydrogens is 230 g/mol. The lowest BCUT2D eigenvalue weighted by molar-refractivity contribution is -0.138. The monoisotopic (exact) mass is 249 g/mol. The van der Waals surface area contributed by atoms with Crippen LogP contribution in [0.15, 0.2) is 36.9 Å². The zero-order chi connectivity index (χ0) is 13.4. The molecule has 0 unspecified atom stereocenters. The number of benzene rings is 1. The minimum atomic E-state index is -0.986. The van der Waals surface area contributed by atoms with Crippen molar-refractivity contribution in [2.75, 3.05) is 6.61 Å². The molecule has 0 spiro atoms. The minimum absolute atomic E-state index is 0.325. The van der Waals surface area contributed by atoms with Crippen LogP contribution in [0.1, 0.15) is 18.4 Å². The van der Waals surface area contributed by atoms with E-state index in [1.165, 1.54) is 0 Å². The third-order valence-corrected chi connectivity index (χ3v) is 2.52. The number of carboxylic acids is 1. The summed E-state index contributed by atoms with van der Waals surface area (Å²) in [5.41, 5.74) is 6.35. The van der Waals surface area contributed by atoms with E-state index in [9.17, 15) is 4.79 Å². The van der Waals surface area contributed by atoms with Gasteiger partial charge in [0, 0.05) is 0 Å². The Morgan fingerprint density at radius 1 is 1.44 bits per heavy atom. The molecule has 0 amide bonds. The van der Waals surface area contributed by atoms with Gasteiger partial charge in [0.05, 0.1) is 6.61 Å². The van der Waals surface area contributed by atoms with Crippen LogP contribution >= 0.6 is 0 Å². The number of aliphatic carboxylic acids is 1. The van der Waals surface area contributed by atoms with Crippen molar-refractivity contribution < 1.29 is 14.6 Å². The van der Waals surface area contributed by atoms with Crippen molar-refractivity contribution in [3.63, 3.8) is 0 Å². The van der Waals surface area contributed by atoms with Gasteiger partial charge in [0.25, 0.3) is 0 Å². The Morgan fingerprint density at radius 3 is 2.67 bits per heavy atom. The second-order valence-corrected chi connectivity index (χ2v) is 4.07. The molecule has 98 valence electrons. The lowest BCUT2D eigenvalue weighted by Gasteiger charge is -2.08. The number of rotatable bonds is 8. The predicted molar refractivity (Wildman–Crippen MR) is 70.7 cm³/mol. The number of carboxylic acid groups (broad SMARTS) is 1. The van der Waals surface area contributed by atoms with Gasteiger partial charge in [-0.2, -0.15) is 0 Å². The topological polar surface area (TPSA) is 72.5 Å². The summed E-state index contributed by atoms with van der Waals surface area (Å²) in [6.07, 6.45) is 4.06. The average Bonchev–Trinajstić information content (AvgIpc) is 2.36. The van der Waals surface area contributed by atoms with Crippen LogP contribution in [-0.4, -0.2) is 23.7 Å². The molecular formula is C14H19NO3. The first kappa shape index (κ1) is 14.3. The SMILES string of the molecule is C=CCCCOc1ccc(C[C@H](N)C(=O)O)cc1. The maximum atomic E-state index is 10.6. The van der Waals surface area contributed by atoms with Crippen molar-refractivity contribution in [2.24, 2.45) is 5.73 Å². The Bertz CT molecular complexity index is 387. The predicted octanol–water partition coefficient (Wildman–Crippen LogP) is 1.99. The second kappa shape index (κ2) is 7.50. The van der Waals surface area contributed by atoms with Crippen LogP contribution in [0.25, 0.3) is 0 Å². The second-order valence-electron chi connectivity index (χ2n) is 4.07. The number of carbonyl (C=O) groups is 1. The standard InChI is InChI=1S/C14H19NO3/c1-2-3-4-9-18-12-7-5-11(6-8-12)10-13(15)14(16)17/h2,5-8,13H,1,3-4,9-10,15H2,(H,16,17)/t13-/m0/s1. The number of unbranched alkanes of at least 4 members (excludes halogenated alkanes) is 1. The molecule has 1 rings (SSSR count).